The Morgan fingerprint density at radius 2 is 2.00 bits per heavy atom. The second kappa shape index (κ2) is 4.15. The predicted molar refractivity (Wildman–Crippen MR) is 56.5 cm³/mol. The molecule has 2 rings (SSSR count). The van der Waals surface area contributed by atoms with Crippen LogP contribution >= 0.6 is 0 Å². The molecule has 1 heterocycles. The highest BCUT2D eigenvalue weighted by molar-refractivity contribution is 7.85. The highest BCUT2D eigenvalue weighted by Crippen LogP contribution is 2.06. The van der Waals surface area contributed by atoms with Crippen LogP contribution in [0.5, 0.6) is 0 Å². The van der Waals surface area contributed by atoms with Crippen LogP contribution in [0.2, 0.25) is 0 Å². The van der Waals surface area contributed by atoms with Crippen LogP contribution in [-0.4, -0.2) is 23.8 Å². The van der Waals surface area contributed by atoms with Gasteiger partial charge in [0.15, 0.2) is 12.7 Å². The van der Waals surface area contributed by atoms with Crippen molar-refractivity contribution in [2.45, 2.75) is 6.54 Å². The third-order valence-electron chi connectivity index (χ3n) is 2.17. The highest BCUT2D eigenvalue weighted by Gasteiger charge is 2.06. The highest BCUT2D eigenvalue weighted by atomic mass is 32.2. The van der Waals surface area contributed by atoms with Gasteiger partial charge in [0, 0.05) is 16.6 Å². The third kappa shape index (κ3) is 2.74. The van der Waals surface area contributed by atoms with Crippen LogP contribution in [-0.2, 0) is 16.7 Å². The molecule has 5 nitrogen and oxygen atoms in total. The molecule has 0 saturated heterocycles. The van der Waals surface area contributed by atoms with Crippen LogP contribution in [0, 0.1) is 0 Å². The Morgan fingerprint density at radius 3 is 2.75 bits per heavy atom. The molecule has 0 N–H and O–H groups in total. The number of nitrogens with zero attached hydrogens (tertiary/aromatic N) is 2. The molecule has 0 aliphatic rings. The molecule has 84 valence electrons. The Bertz CT molecular complexity index is 610. The molecule has 2 aromatic rings. The summed E-state index contributed by atoms with van der Waals surface area (Å²) in [5, 5.41) is 5.17. The largest absolute Gasteiger partial charge is 0.748 e. The first-order valence-electron chi connectivity index (χ1n) is 4.74. The minimum absolute atomic E-state index is 0.0800. The van der Waals surface area contributed by atoms with Crippen molar-refractivity contribution in [2.24, 2.45) is 0 Å². The summed E-state index contributed by atoms with van der Waals surface area (Å²) in [5.41, 5.74) is 0.772. The Kier molecular flexibility index (Phi) is 2.84. The molecule has 0 spiro atoms. The number of hydrogen-bond donors (Lipinski definition) is 0. The van der Waals surface area contributed by atoms with Gasteiger partial charge in [0.2, 0.25) is 0 Å². The first-order chi connectivity index (χ1) is 7.54. The number of fused-ring (bicyclic) bond motifs is 1. The number of aromatic nitrogens is 2. The van der Waals surface area contributed by atoms with E-state index in [4.69, 9.17) is 0 Å². The summed E-state index contributed by atoms with van der Waals surface area (Å²) in [6.45, 7) is 0.0800. The summed E-state index contributed by atoms with van der Waals surface area (Å²) in [4.78, 5) is 0. The predicted octanol–water partition coefficient (Wildman–Crippen LogP) is 0.0675. The summed E-state index contributed by atoms with van der Waals surface area (Å²) in [5.74, 6) is -0.441. The Morgan fingerprint density at radius 1 is 1.25 bits per heavy atom. The molecule has 1 aromatic heterocycles. The van der Waals surface area contributed by atoms with Crippen LogP contribution in [0.3, 0.4) is 0 Å². The molecule has 1 aromatic carbocycles. The van der Waals surface area contributed by atoms with Crippen LogP contribution in [0.4, 0.5) is 0 Å². The average molecular weight is 238 g/mol. The van der Waals surface area contributed by atoms with E-state index in [2.05, 4.69) is 5.10 Å². The summed E-state index contributed by atoms with van der Waals surface area (Å²) >= 11 is 0. The van der Waals surface area contributed by atoms with Gasteiger partial charge in [0.1, 0.15) is 15.6 Å². The minimum Gasteiger partial charge on any atom is -0.748 e. The van der Waals surface area contributed by atoms with E-state index in [0.29, 0.717) is 0 Å². The second-order valence-electron chi connectivity index (χ2n) is 3.40. The van der Waals surface area contributed by atoms with Gasteiger partial charge < -0.3 is 4.55 Å². The van der Waals surface area contributed by atoms with Crippen LogP contribution in [0.15, 0.2) is 36.5 Å². The van der Waals surface area contributed by atoms with Crippen molar-refractivity contribution in [3.8, 4) is 0 Å². The van der Waals surface area contributed by atoms with Crippen LogP contribution in [0.1, 0.15) is 0 Å². The number of hydrogen-bond acceptors (Lipinski definition) is 4. The van der Waals surface area contributed by atoms with E-state index in [1.807, 2.05) is 30.3 Å². The van der Waals surface area contributed by atoms with Crippen molar-refractivity contribution >= 4 is 21.0 Å². The number of rotatable bonds is 3. The van der Waals surface area contributed by atoms with E-state index in [1.165, 1.54) is 4.68 Å². The van der Waals surface area contributed by atoms with Gasteiger partial charge in [-0.05, 0) is 6.07 Å². The van der Waals surface area contributed by atoms with E-state index in [0.717, 1.165) is 10.9 Å². The summed E-state index contributed by atoms with van der Waals surface area (Å²) in [6.07, 6.45) is 1.66. The lowest BCUT2D eigenvalue weighted by atomic mass is 10.2. The van der Waals surface area contributed by atoms with Gasteiger partial charge in [-0.1, -0.05) is 22.9 Å². The smallest absolute Gasteiger partial charge is 0.196 e. The lowest BCUT2D eigenvalue weighted by Crippen LogP contribution is -2.40. The fourth-order valence-electron chi connectivity index (χ4n) is 1.39. The fraction of sp³-hybridized carbons (Fsp3) is 0.200. The molecule has 0 atom stereocenters. The Balaban J connectivity index is 2.26. The van der Waals surface area contributed by atoms with Gasteiger partial charge in [-0.3, -0.25) is 0 Å². The Labute approximate surface area is 93.1 Å². The molecule has 0 saturated carbocycles. The quantitative estimate of drug-likeness (QED) is 0.560. The van der Waals surface area contributed by atoms with Gasteiger partial charge >= 0.3 is 0 Å². The molecular weight excluding hydrogens is 228 g/mol. The van der Waals surface area contributed by atoms with Gasteiger partial charge in [-0.2, -0.15) is 0 Å². The monoisotopic (exact) mass is 238 g/mol. The minimum atomic E-state index is -4.19. The molecule has 0 amide bonds. The maximum absolute atomic E-state index is 10.5. The standard InChI is InChI=1S/C10H10N2O3S/c13-16(14,15)8-7-12-6-5-9-3-1-2-4-10(9)11-12/h1-6H,7-8H2. The molecular formula is C10H10N2O3S. The van der Waals surface area contributed by atoms with Crippen LogP contribution in [0.25, 0.3) is 10.9 Å². The third-order valence-corrected chi connectivity index (χ3v) is 2.85. The first-order valence-corrected chi connectivity index (χ1v) is 6.31. The average Bonchev–Trinajstić information content (AvgIpc) is 2.25. The van der Waals surface area contributed by atoms with E-state index in [9.17, 15) is 13.0 Å². The Hall–Kier alpha value is -1.53. The van der Waals surface area contributed by atoms with Gasteiger partial charge in [0.05, 0.1) is 5.75 Å². The lowest BCUT2D eigenvalue weighted by molar-refractivity contribution is -0.747. The SMILES string of the molecule is O=S(=O)([O-])CC[n+]1ccc2ccccc2n1. The second-order valence-corrected chi connectivity index (χ2v) is 4.92. The van der Waals surface area contributed by atoms with Crippen molar-refractivity contribution in [3.63, 3.8) is 0 Å². The van der Waals surface area contributed by atoms with Crippen molar-refractivity contribution in [3.05, 3.63) is 36.5 Å². The number of aryl methyl sites for hydroxylation is 1. The normalized spacial score (nSPS) is 11.8. The zero-order chi connectivity index (χ0) is 11.6. The zero-order valence-corrected chi connectivity index (χ0v) is 9.22. The molecule has 0 bridgehead atoms. The zero-order valence-electron chi connectivity index (χ0n) is 8.41. The van der Waals surface area contributed by atoms with Gasteiger partial charge in [-0.25, -0.2) is 8.42 Å². The summed E-state index contributed by atoms with van der Waals surface area (Å²) in [6, 6.07) is 9.33. The van der Waals surface area contributed by atoms with E-state index >= 15 is 0 Å². The van der Waals surface area contributed by atoms with E-state index in [1.54, 1.807) is 6.20 Å². The molecule has 0 radical (unpaired) electrons. The van der Waals surface area contributed by atoms with Crippen molar-refractivity contribution in [1.29, 1.82) is 0 Å². The van der Waals surface area contributed by atoms with Crippen molar-refractivity contribution in [2.75, 3.05) is 5.75 Å². The maximum Gasteiger partial charge on any atom is 0.196 e. The molecule has 0 unspecified atom stereocenters. The topological polar surface area (TPSA) is 74.0 Å². The molecule has 16 heavy (non-hydrogen) atoms. The molecule has 0 aliphatic heterocycles. The first kappa shape index (κ1) is 11.0. The summed E-state index contributed by atoms with van der Waals surface area (Å²) < 4.78 is 32.9. The molecule has 0 aliphatic carbocycles. The number of benzene rings is 1. The van der Waals surface area contributed by atoms with Gasteiger partial charge in [0.25, 0.3) is 0 Å². The summed E-state index contributed by atoms with van der Waals surface area (Å²) in [7, 11) is -4.19. The lowest BCUT2D eigenvalue weighted by Gasteiger charge is -2.02. The van der Waals surface area contributed by atoms with Crippen molar-refractivity contribution in [1.82, 2.24) is 5.10 Å². The fourth-order valence-corrected chi connectivity index (χ4v) is 1.80. The van der Waals surface area contributed by atoms with E-state index < -0.39 is 15.9 Å². The maximum atomic E-state index is 10.5. The van der Waals surface area contributed by atoms with Crippen LogP contribution < -0.4 is 4.68 Å². The van der Waals surface area contributed by atoms with Crippen molar-refractivity contribution < 1.29 is 17.7 Å². The molecule has 0 fully saturated rings. The molecule has 6 heteroatoms. The van der Waals surface area contributed by atoms with Gasteiger partial charge in [-0.15, -0.1) is 0 Å². The van der Waals surface area contributed by atoms with E-state index in [-0.39, 0.29) is 6.54 Å².